The monoisotopic (exact) mass is 299 g/mol. The van der Waals surface area contributed by atoms with Gasteiger partial charge in [-0.2, -0.15) is 0 Å². The summed E-state index contributed by atoms with van der Waals surface area (Å²) in [5.41, 5.74) is 1.18. The molecule has 116 valence electrons. The fraction of sp³-hybridized carbons (Fsp3) is 0.529. The molecule has 5 nitrogen and oxygen atoms in total. The van der Waals surface area contributed by atoms with E-state index >= 15 is 0 Å². The molecule has 3 saturated heterocycles. The van der Waals surface area contributed by atoms with E-state index in [1.165, 1.54) is 12.8 Å². The fourth-order valence-corrected chi connectivity index (χ4v) is 4.08. The lowest BCUT2D eigenvalue weighted by atomic mass is 9.72. The van der Waals surface area contributed by atoms with Crippen molar-refractivity contribution in [1.82, 2.24) is 15.2 Å². The van der Waals surface area contributed by atoms with E-state index in [1.807, 2.05) is 6.07 Å². The molecule has 2 bridgehead atoms. The van der Waals surface area contributed by atoms with Crippen molar-refractivity contribution in [2.45, 2.75) is 38.3 Å². The smallest absolute Gasteiger partial charge is 0.270 e. The number of hydrogen-bond donors (Lipinski definition) is 1. The second-order valence-corrected chi connectivity index (χ2v) is 6.96. The molecular weight excluding hydrogens is 278 g/mol. The molecule has 0 saturated carbocycles. The van der Waals surface area contributed by atoms with E-state index in [0.29, 0.717) is 17.2 Å². The van der Waals surface area contributed by atoms with Crippen LogP contribution in [-0.2, 0) is 0 Å². The number of hydrogen-bond acceptors (Lipinski definition) is 4. The first-order valence-electron chi connectivity index (χ1n) is 7.95. The first kappa shape index (κ1) is 13.8. The van der Waals surface area contributed by atoms with Crippen LogP contribution in [-0.4, -0.2) is 40.5 Å². The zero-order valence-electron chi connectivity index (χ0n) is 13.0. The average Bonchev–Trinajstić information content (AvgIpc) is 2.98. The van der Waals surface area contributed by atoms with Crippen molar-refractivity contribution in [2.24, 2.45) is 5.92 Å². The van der Waals surface area contributed by atoms with E-state index in [1.54, 1.807) is 18.5 Å². The number of carbonyl (C=O) groups excluding carboxylic acids is 1. The zero-order chi connectivity index (χ0) is 15.3. The van der Waals surface area contributed by atoms with Crippen LogP contribution in [0.15, 0.2) is 29.0 Å². The Hall–Kier alpha value is -1.88. The second kappa shape index (κ2) is 4.81. The summed E-state index contributed by atoms with van der Waals surface area (Å²) in [4.78, 5) is 19.3. The minimum atomic E-state index is -0.0880. The normalized spacial score (nSPS) is 29.6. The molecule has 5 rings (SSSR count). The number of piperidine rings is 3. The molecule has 3 aliphatic heterocycles. The summed E-state index contributed by atoms with van der Waals surface area (Å²) in [7, 11) is 0. The van der Waals surface area contributed by atoms with Gasteiger partial charge in [-0.05, 0) is 57.8 Å². The Labute approximate surface area is 129 Å². The maximum atomic E-state index is 12.6. The summed E-state index contributed by atoms with van der Waals surface area (Å²) in [6.45, 7) is 6.75. The standard InChI is InChI=1S/C17H21N3O2/c1-17(2)15(11-3-6-20(17)7-4-11)19-16(21)13-9-12-5-8-22-14(12)10-18-13/h5,8-11,15H,3-4,6-7H2,1-2H3,(H,19,21)/t15-/m0/s1. The van der Waals surface area contributed by atoms with E-state index in [0.717, 1.165) is 18.5 Å². The van der Waals surface area contributed by atoms with Gasteiger partial charge < -0.3 is 9.73 Å². The third kappa shape index (κ3) is 2.03. The van der Waals surface area contributed by atoms with Crippen LogP contribution in [0.2, 0.25) is 0 Å². The van der Waals surface area contributed by atoms with Gasteiger partial charge in [0, 0.05) is 17.0 Å². The van der Waals surface area contributed by atoms with Gasteiger partial charge in [0.15, 0.2) is 5.58 Å². The lowest BCUT2D eigenvalue weighted by molar-refractivity contribution is -0.0378. The van der Waals surface area contributed by atoms with Gasteiger partial charge in [0.25, 0.3) is 5.91 Å². The maximum Gasteiger partial charge on any atom is 0.270 e. The summed E-state index contributed by atoms with van der Waals surface area (Å²) in [5, 5.41) is 4.15. The van der Waals surface area contributed by atoms with Crippen molar-refractivity contribution in [3.05, 3.63) is 30.3 Å². The van der Waals surface area contributed by atoms with Crippen LogP contribution in [0.25, 0.3) is 11.0 Å². The maximum absolute atomic E-state index is 12.6. The summed E-state index contributed by atoms with van der Waals surface area (Å²) < 4.78 is 5.28. The second-order valence-electron chi connectivity index (χ2n) is 6.96. The molecule has 5 heterocycles. The highest BCUT2D eigenvalue weighted by atomic mass is 16.3. The van der Waals surface area contributed by atoms with Crippen molar-refractivity contribution in [3.63, 3.8) is 0 Å². The van der Waals surface area contributed by atoms with Gasteiger partial charge in [-0.1, -0.05) is 0 Å². The van der Waals surface area contributed by atoms with Gasteiger partial charge in [0.05, 0.1) is 12.5 Å². The summed E-state index contributed by atoms with van der Waals surface area (Å²) >= 11 is 0. The summed E-state index contributed by atoms with van der Waals surface area (Å²) in [6.07, 6.45) is 5.57. The molecule has 5 heteroatoms. The quantitative estimate of drug-likeness (QED) is 0.925. The number of rotatable bonds is 2. The topological polar surface area (TPSA) is 58.4 Å². The van der Waals surface area contributed by atoms with Crippen molar-refractivity contribution < 1.29 is 9.21 Å². The summed E-state index contributed by atoms with van der Waals surface area (Å²) in [5.74, 6) is 0.483. The largest absolute Gasteiger partial charge is 0.463 e. The predicted octanol–water partition coefficient (Wildman–Crippen LogP) is 2.43. The Bertz CT molecular complexity index is 714. The van der Waals surface area contributed by atoms with Crippen LogP contribution >= 0.6 is 0 Å². The van der Waals surface area contributed by atoms with Crippen molar-refractivity contribution in [2.75, 3.05) is 13.1 Å². The molecule has 1 atom stereocenters. The Morgan fingerprint density at radius 2 is 2.18 bits per heavy atom. The third-order valence-corrected chi connectivity index (χ3v) is 5.45. The van der Waals surface area contributed by atoms with Crippen LogP contribution in [0.5, 0.6) is 0 Å². The third-order valence-electron chi connectivity index (χ3n) is 5.45. The number of carbonyl (C=O) groups is 1. The number of nitrogens with zero attached hydrogens (tertiary/aromatic N) is 2. The van der Waals surface area contributed by atoms with Crippen LogP contribution in [0, 0.1) is 5.92 Å². The number of aromatic nitrogens is 1. The minimum absolute atomic E-state index is 0.0105. The van der Waals surface area contributed by atoms with Gasteiger partial charge in [-0.15, -0.1) is 0 Å². The van der Waals surface area contributed by atoms with E-state index < -0.39 is 0 Å². The SMILES string of the molecule is CC1(C)[C@@H](NC(=O)c2cc3ccoc3cn2)C2CCN1CC2. The highest BCUT2D eigenvalue weighted by molar-refractivity contribution is 5.95. The molecule has 2 aromatic heterocycles. The van der Waals surface area contributed by atoms with E-state index in [4.69, 9.17) is 4.42 Å². The van der Waals surface area contributed by atoms with Gasteiger partial charge in [-0.3, -0.25) is 9.69 Å². The van der Waals surface area contributed by atoms with Gasteiger partial charge in [-0.25, -0.2) is 4.98 Å². The molecule has 1 amide bonds. The van der Waals surface area contributed by atoms with Crippen LogP contribution in [0.3, 0.4) is 0 Å². The molecule has 0 unspecified atom stereocenters. The Kier molecular flexibility index (Phi) is 3.01. The molecule has 0 aromatic carbocycles. The number of nitrogens with one attached hydrogen (secondary N) is 1. The van der Waals surface area contributed by atoms with Crippen LogP contribution in [0.4, 0.5) is 0 Å². The molecular formula is C17H21N3O2. The summed E-state index contributed by atoms with van der Waals surface area (Å²) in [6, 6.07) is 3.83. The lowest BCUT2D eigenvalue weighted by Crippen LogP contribution is -2.69. The molecule has 3 aliphatic rings. The number of fused-ring (bicyclic) bond motifs is 4. The van der Waals surface area contributed by atoms with Gasteiger partial charge in [0.2, 0.25) is 0 Å². The number of amides is 1. The zero-order valence-corrected chi connectivity index (χ0v) is 13.0. The molecule has 0 spiro atoms. The molecule has 3 fully saturated rings. The van der Waals surface area contributed by atoms with Crippen LogP contribution in [0.1, 0.15) is 37.2 Å². The Morgan fingerprint density at radius 3 is 2.91 bits per heavy atom. The number of furan rings is 1. The lowest BCUT2D eigenvalue weighted by Gasteiger charge is -2.56. The Morgan fingerprint density at radius 1 is 1.41 bits per heavy atom. The van der Waals surface area contributed by atoms with Crippen molar-refractivity contribution in [3.8, 4) is 0 Å². The fourth-order valence-electron chi connectivity index (χ4n) is 4.08. The van der Waals surface area contributed by atoms with E-state index in [2.05, 4.69) is 29.0 Å². The molecule has 2 aromatic rings. The van der Waals surface area contributed by atoms with Crippen molar-refractivity contribution >= 4 is 16.9 Å². The minimum Gasteiger partial charge on any atom is -0.463 e. The van der Waals surface area contributed by atoms with Gasteiger partial charge >= 0.3 is 0 Å². The first-order valence-corrected chi connectivity index (χ1v) is 7.95. The predicted molar refractivity (Wildman–Crippen MR) is 83.6 cm³/mol. The Balaban J connectivity index is 1.58. The number of pyridine rings is 1. The first-order chi connectivity index (χ1) is 10.6. The van der Waals surface area contributed by atoms with E-state index in [9.17, 15) is 4.79 Å². The molecule has 0 radical (unpaired) electrons. The van der Waals surface area contributed by atoms with E-state index in [-0.39, 0.29) is 17.5 Å². The molecule has 22 heavy (non-hydrogen) atoms. The highest BCUT2D eigenvalue weighted by Crippen LogP contribution is 2.39. The highest BCUT2D eigenvalue weighted by Gasteiger charge is 2.48. The van der Waals surface area contributed by atoms with Crippen molar-refractivity contribution in [1.29, 1.82) is 0 Å². The average molecular weight is 299 g/mol. The van der Waals surface area contributed by atoms with Gasteiger partial charge in [0.1, 0.15) is 5.69 Å². The molecule has 1 N–H and O–H groups in total. The molecule has 0 aliphatic carbocycles. The van der Waals surface area contributed by atoms with Crippen LogP contribution < -0.4 is 5.32 Å².